The van der Waals surface area contributed by atoms with Gasteiger partial charge in [0.15, 0.2) is 6.67 Å². The molecule has 0 saturated carbocycles. The molecule has 3 aliphatic rings. The third kappa shape index (κ3) is 7.39. The van der Waals surface area contributed by atoms with Gasteiger partial charge in [-0.25, -0.2) is 13.6 Å². The molecule has 2 N–H and O–H groups in total. The Bertz CT molecular complexity index is 1290. The number of nitrogens with one attached hydrogen (secondary N) is 2. The molecule has 14 heteroatoms. The molecule has 0 bridgehead atoms. The molecule has 0 spiro atoms. The zero-order valence-electron chi connectivity index (χ0n) is 25.7. The number of amides is 5. The molecule has 242 valence electrons. The number of rotatable bonds is 6. The lowest BCUT2D eigenvalue weighted by Crippen LogP contribution is -2.62. The summed E-state index contributed by atoms with van der Waals surface area (Å²) in [5, 5.41) is 5.62. The van der Waals surface area contributed by atoms with Crippen LogP contribution in [0, 0.1) is 5.82 Å². The quantitative estimate of drug-likeness (QED) is 0.496. The molecule has 0 unspecified atom stereocenters. The third-order valence-electron chi connectivity index (χ3n) is 8.25. The molecule has 0 aromatic heterocycles. The second-order valence-electron chi connectivity index (χ2n) is 12.5. The van der Waals surface area contributed by atoms with Crippen LogP contribution in [0.15, 0.2) is 18.2 Å². The molecule has 2 saturated heterocycles. The van der Waals surface area contributed by atoms with Crippen molar-refractivity contribution in [2.24, 2.45) is 0 Å². The van der Waals surface area contributed by atoms with E-state index in [1.54, 1.807) is 26.8 Å². The van der Waals surface area contributed by atoms with Gasteiger partial charge in [-0.1, -0.05) is 6.07 Å². The Hall–Kier alpha value is -3.97. The first kappa shape index (κ1) is 32.9. The van der Waals surface area contributed by atoms with Crippen LogP contribution in [0.25, 0.3) is 0 Å². The maximum absolute atomic E-state index is 14.1. The smallest absolute Gasteiger partial charge is 0.410 e. The summed E-state index contributed by atoms with van der Waals surface area (Å²) < 4.78 is 38.1. The Morgan fingerprint density at radius 3 is 2.52 bits per heavy atom. The fourth-order valence-corrected chi connectivity index (χ4v) is 5.79. The average Bonchev–Trinajstić information content (AvgIpc) is 3.38. The van der Waals surface area contributed by atoms with Crippen molar-refractivity contribution in [1.29, 1.82) is 0 Å². The lowest BCUT2D eigenvalue weighted by Gasteiger charge is -2.39. The van der Waals surface area contributed by atoms with Crippen LogP contribution < -0.4 is 15.4 Å². The van der Waals surface area contributed by atoms with E-state index in [0.29, 0.717) is 37.0 Å². The van der Waals surface area contributed by atoms with Gasteiger partial charge in [-0.05, 0) is 53.0 Å². The Morgan fingerprint density at radius 2 is 1.84 bits per heavy atom. The number of hydrogen-bond acceptors (Lipinski definition) is 7. The van der Waals surface area contributed by atoms with Gasteiger partial charge in [0.2, 0.25) is 17.7 Å². The average molecular weight is 622 g/mol. The van der Waals surface area contributed by atoms with E-state index >= 15 is 0 Å². The highest BCUT2D eigenvalue weighted by Crippen LogP contribution is 2.34. The minimum Gasteiger partial charge on any atom is -0.493 e. The number of carbonyl (C=O) groups excluding carboxylic acids is 5. The zero-order valence-corrected chi connectivity index (χ0v) is 25.7. The van der Waals surface area contributed by atoms with Gasteiger partial charge in [-0.3, -0.25) is 24.1 Å². The van der Waals surface area contributed by atoms with E-state index < -0.39 is 78.0 Å². The first-order chi connectivity index (χ1) is 20.7. The van der Waals surface area contributed by atoms with Crippen LogP contribution in [0.1, 0.15) is 65.0 Å². The predicted octanol–water partition coefficient (Wildman–Crippen LogP) is 2.07. The molecule has 44 heavy (non-hydrogen) atoms. The Labute approximate surface area is 255 Å². The highest BCUT2D eigenvalue weighted by molar-refractivity contribution is 5.95. The molecule has 3 heterocycles. The maximum atomic E-state index is 14.1. The number of nitrogens with zero attached hydrogens (tertiary/aromatic N) is 3. The molecular weight excluding hydrogens is 580 g/mol. The van der Waals surface area contributed by atoms with Crippen molar-refractivity contribution in [2.75, 3.05) is 33.4 Å². The van der Waals surface area contributed by atoms with Gasteiger partial charge in [0.25, 0.3) is 5.91 Å². The van der Waals surface area contributed by atoms with Gasteiger partial charge in [-0.2, -0.15) is 0 Å². The fourth-order valence-electron chi connectivity index (χ4n) is 5.79. The maximum Gasteiger partial charge on any atom is 0.410 e. The van der Waals surface area contributed by atoms with Gasteiger partial charge in [-0.15, -0.1) is 0 Å². The number of carbonyl (C=O) groups is 5. The summed E-state index contributed by atoms with van der Waals surface area (Å²) in [5.41, 5.74) is -0.166. The van der Waals surface area contributed by atoms with Crippen LogP contribution >= 0.6 is 0 Å². The second-order valence-corrected chi connectivity index (χ2v) is 12.5. The lowest BCUT2D eigenvalue weighted by atomic mass is 9.99. The topological polar surface area (TPSA) is 138 Å². The van der Waals surface area contributed by atoms with Crippen molar-refractivity contribution in [3.05, 3.63) is 29.6 Å². The third-order valence-corrected chi connectivity index (χ3v) is 8.25. The number of fused-ring (bicyclic) bond motifs is 2. The lowest BCUT2D eigenvalue weighted by molar-refractivity contribution is -0.147. The summed E-state index contributed by atoms with van der Waals surface area (Å²) in [6.45, 7) is 5.37. The van der Waals surface area contributed by atoms with E-state index in [9.17, 15) is 32.8 Å². The molecule has 0 aliphatic carbocycles. The molecule has 2 fully saturated rings. The number of likely N-dealkylation sites (N-methyl/N-ethyl adjacent to an activating group) is 1. The molecule has 4 rings (SSSR count). The standard InChI is InChI=1S/C30H41F2N5O7/c1-17(35(5)29(42)44-30(2,3)4)26(39)34-22-16-36(25(38)15-31)12-10-19-7-9-23(37(19)28(22)41)27(40)33-21-11-13-43-24-14-18(32)6-8-20(21)24/h6,8,14,17,19,21-23H,7,9-13,15-16H2,1-5H3,(H,33,40)(H,34,39)/t17-,19+,21+,22-,23-/m0/s1. The Balaban J connectivity index is 1.53. The van der Waals surface area contributed by atoms with Gasteiger partial charge in [0.1, 0.15) is 35.3 Å². The van der Waals surface area contributed by atoms with Crippen LogP contribution in [-0.2, 0) is 23.9 Å². The van der Waals surface area contributed by atoms with Crippen molar-refractivity contribution < 1.29 is 42.2 Å². The molecule has 5 atom stereocenters. The summed E-state index contributed by atoms with van der Waals surface area (Å²) in [4.78, 5) is 69.7. The molecular formula is C30H41F2N5O7. The van der Waals surface area contributed by atoms with E-state index in [0.717, 1.165) is 4.90 Å². The van der Waals surface area contributed by atoms with Gasteiger partial charge in [0, 0.05) is 44.2 Å². The summed E-state index contributed by atoms with van der Waals surface area (Å²) in [7, 11) is 1.39. The summed E-state index contributed by atoms with van der Waals surface area (Å²) in [6.07, 6.45) is 0.856. The van der Waals surface area contributed by atoms with Crippen molar-refractivity contribution in [3.63, 3.8) is 0 Å². The first-order valence-corrected chi connectivity index (χ1v) is 14.8. The predicted molar refractivity (Wildman–Crippen MR) is 154 cm³/mol. The Kier molecular flexibility index (Phi) is 9.99. The molecule has 1 aromatic carbocycles. The highest BCUT2D eigenvalue weighted by Gasteiger charge is 2.46. The zero-order chi connectivity index (χ0) is 32.3. The van der Waals surface area contributed by atoms with E-state index in [2.05, 4.69) is 10.6 Å². The summed E-state index contributed by atoms with van der Waals surface area (Å²) in [5.74, 6) is -2.60. The number of hydrogen-bond donors (Lipinski definition) is 2. The van der Waals surface area contributed by atoms with Crippen LogP contribution in [0.5, 0.6) is 5.75 Å². The normalized spacial score (nSPS) is 24.1. The van der Waals surface area contributed by atoms with Crippen LogP contribution in [0.3, 0.4) is 0 Å². The first-order valence-electron chi connectivity index (χ1n) is 14.8. The van der Waals surface area contributed by atoms with E-state index in [-0.39, 0.29) is 19.7 Å². The van der Waals surface area contributed by atoms with Crippen molar-refractivity contribution in [1.82, 2.24) is 25.3 Å². The minimum atomic E-state index is -1.30. The molecule has 5 amide bonds. The van der Waals surface area contributed by atoms with Crippen molar-refractivity contribution >= 4 is 29.7 Å². The summed E-state index contributed by atoms with van der Waals surface area (Å²) in [6, 6.07) is 0.0306. The van der Waals surface area contributed by atoms with E-state index in [4.69, 9.17) is 9.47 Å². The van der Waals surface area contributed by atoms with Crippen LogP contribution in [-0.4, -0.2) is 108 Å². The van der Waals surface area contributed by atoms with Crippen molar-refractivity contribution in [3.8, 4) is 5.75 Å². The number of halogens is 2. The van der Waals surface area contributed by atoms with Crippen LogP contribution in [0.2, 0.25) is 0 Å². The van der Waals surface area contributed by atoms with Gasteiger partial charge in [0.05, 0.1) is 12.6 Å². The van der Waals surface area contributed by atoms with Crippen molar-refractivity contribution in [2.45, 2.75) is 89.2 Å². The van der Waals surface area contributed by atoms with E-state index in [1.165, 1.54) is 35.9 Å². The van der Waals surface area contributed by atoms with Gasteiger partial charge < -0.3 is 29.9 Å². The molecule has 0 radical (unpaired) electrons. The number of alkyl halides is 1. The molecule has 3 aliphatic heterocycles. The summed E-state index contributed by atoms with van der Waals surface area (Å²) >= 11 is 0. The number of ether oxygens (including phenoxy) is 2. The monoisotopic (exact) mass is 621 g/mol. The molecule has 12 nitrogen and oxygen atoms in total. The fraction of sp³-hybridized carbons (Fsp3) is 0.633. The largest absolute Gasteiger partial charge is 0.493 e. The van der Waals surface area contributed by atoms with E-state index in [1.807, 2.05) is 0 Å². The van der Waals surface area contributed by atoms with Crippen LogP contribution in [0.4, 0.5) is 13.6 Å². The highest BCUT2D eigenvalue weighted by atomic mass is 19.1. The second kappa shape index (κ2) is 13.3. The number of benzene rings is 1. The Morgan fingerprint density at radius 1 is 1.11 bits per heavy atom. The SMILES string of the molecule is C[C@@H](C(=O)N[C@H]1CN(C(=O)CF)CC[C@H]2CC[C@@H](C(=O)N[C@@H]3CCOc4cc(F)ccc43)N2C1=O)N(C)C(=O)OC(C)(C)C. The molecule has 1 aromatic rings. The van der Waals surface area contributed by atoms with Gasteiger partial charge >= 0.3 is 6.09 Å². The minimum absolute atomic E-state index is 0.129.